The molecule has 0 bridgehead atoms. The Labute approximate surface area is 99.1 Å². The van der Waals surface area contributed by atoms with Gasteiger partial charge in [0, 0.05) is 6.04 Å². The molecule has 1 amide bonds. The van der Waals surface area contributed by atoms with Crippen LogP contribution in [-0.4, -0.2) is 11.9 Å². The molecule has 1 aliphatic rings. The quantitative estimate of drug-likeness (QED) is 0.844. The summed E-state index contributed by atoms with van der Waals surface area (Å²) in [5, 5.41) is 3.67. The van der Waals surface area contributed by atoms with Crippen LogP contribution < -0.4 is 11.1 Å². The minimum Gasteiger partial charge on any atom is -0.448 e. The van der Waals surface area contributed by atoms with Gasteiger partial charge in [-0.2, -0.15) is 0 Å². The zero-order valence-corrected chi connectivity index (χ0v) is 9.67. The fourth-order valence-corrected chi connectivity index (χ4v) is 2.39. The van der Waals surface area contributed by atoms with Crippen molar-refractivity contribution in [3.63, 3.8) is 0 Å². The molecule has 1 aliphatic carbocycles. The Balaban J connectivity index is 1.87. The Morgan fingerprint density at radius 1 is 1.56 bits per heavy atom. The summed E-state index contributed by atoms with van der Waals surface area (Å²) in [6.07, 6.45) is 2.91. The van der Waals surface area contributed by atoms with Crippen molar-refractivity contribution in [3.8, 4) is 0 Å². The van der Waals surface area contributed by atoms with Crippen molar-refractivity contribution >= 4 is 17.5 Å². The number of furan rings is 1. The minimum atomic E-state index is -0.215. The van der Waals surface area contributed by atoms with Gasteiger partial charge in [-0.3, -0.25) is 4.79 Å². The van der Waals surface area contributed by atoms with Gasteiger partial charge in [-0.15, -0.1) is 0 Å². The number of primary amides is 1. The standard InChI is InChI=1S/C11H15ClN2O2/c12-10-5-4-7(16-10)6-14-9-3-1-2-8(9)11(13)15/h4-5,8-9,14H,1-3,6H2,(H2,13,15). The second-order valence-corrected chi connectivity index (χ2v) is 4.51. The average Bonchev–Trinajstić information content (AvgIpc) is 2.83. The normalized spacial score (nSPS) is 24.8. The molecular weight excluding hydrogens is 228 g/mol. The first-order valence-corrected chi connectivity index (χ1v) is 5.81. The van der Waals surface area contributed by atoms with Gasteiger partial charge in [-0.25, -0.2) is 0 Å². The lowest BCUT2D eigenvalue weighted by molar-refractivity contribution is -0.122. The SMILES string of the molecule is NC(=O)C1CCCC1NCc1ccc(Cl)o1. The van der Waals surface area contributed by atoms with E-state index in [0.29, 0.717) is 11.8 Å². The topological polar surface area (TPSA) is 68.3 Å². The van der Waals surface area contributed by atoms with Gasteiger partial charge in [-0.1, -0.05) is 6.42 Å². The first-order chi connectivity index (χ1) is 7.66. The molecule has 88 valence electrons. The zero-order chi connectivity index (χ0) is 11.5. The highest BCUT2D eigenvalue weighted by Gasteiger charge is 2.30. The summed E-state index contributed by atoms with van der Waals surface area (Å²) in [4.78, 5) is 11.2. The molecule has 1 heterocycles. The van der Waals surface area contributed by atoms with Crippen LogP contribution in [0.3, 0.4) is 0 Å². The molecule has 3 N–H and O–H groups in total. The number of amides is 1. The van der Waals surface area contributed by atoms with E-state index in [9.17, 15) is 4.79 Å². The van der Waals surface area contributed by atoms with E-state index in [-0.39, 0.29) is 17.9 Å². The van der Waals surface area contributed by atoms with E-state index in [1.807, 2.05) is 6.07 Å². The fraction of sp³-hybridized carbons (Fsp3) is 0.545. The zero-order valence-electron chi connectivity index (χ0n) is 8.91. The Hall–Kier alpha value is -1.00. The monoisotopic (exact) mass is 242 g/mol. The molecule has 1 saturated carbocycles. The predicted molar refractivity (Wildman–Crippen MR) is 60.9 cm³/mol. The third kappa shape index (κ3) is 2.57. The second kappa shape index (κ2) is 4.89. The number of halogens is 1. The Morgan fingerprint density at radius 2 is 2.38 bits per heavy atom. The van der Waals surface area contributed by atoms with Crippen LogP contribution in [0.1, 0.15) is 25.0 Å². The van der Waals surface area contributed by atoms with Crippen molar-refractivity contribution in [3.05, 3.63) is 23.1 Å². The smallest absolute Gasteiger partial charge is 0.222 e. The van der Waals surface area contributed by atoms with Crippen molar-refractivity contribution in [2.24, 2.45) is 11.7 Å². The molecule has 0 aromatic carbocycles. The summed E-state index contributed by atoms with van der Waals surface area (Å²) in [7, 11) is 0. The number of nitrogens with two attached hydrogens (primary N) is 1. The van der Waals surface area contributed by atoms with Crippen LogP contribution in [0.25, 0.3) is 0 Å². The third-order valence-corrected chi connectivity index (χ3v) is 3.25. The van der Waals surface area contributed by atoms with Gasteiger partial charge in [0.05, 0.1) is 12.5 Å². The summed E-state index contributed by atoms with van der Waals surface area (Å²) in [5.74, 6) is 0.512. The van der Waals surface area contributed by atoms with Crippen LogP contribution in [0, 0.1) is 5.92 Å². The molecule has 16 heavy (non-hydrogen) atoms. The minimum absolute atomic E-state index is 0.0505. The van der Waals surface area contributed by atoms with Crippen LogP contribution in [-0.2, 0) is 11.3 Å². The lowest BCUT2D eigenvalue weighted by Crippen LogP contribution is -2.38. The highest BCUT2D eigenvalue weighted by Crippen LogP contribution is 2.25. The third-order valence-electron chi connectivity index (χ3n) is 3.05. The van der Waals surface area contributed by atoms with E-state index in [1.165, 1.54) is 0 Å². The molecule has 0 saturated heterocycles. The second-order valence-electron chi connectivity index (χ2n) is 4.13. The molecule has 2 unspecified atom stereocenters. The molecule has 0 aliphatic heterocycles. The van der Waals surface area contributed by atoms with Crippen LogP contribution in [0.5, 0.6) is 0 Å². The summed E-state index contributed by atoms with van der Waals surface area (Å²) in [6, 6.07) is 3.70. The van der Waals surface area contributed by atoms with E-state index >= 15 is 0 Å². The first-order valence-electron chi connectivity index (χ1n) is 5.44. The van der Waals surface area contributed by atoms with Crippen LogP contribution >= 0.6 is 11.6 Å². The highest BCUT2D eigenvalue weighted by atomic mass is 35.5. The molecule has 1 fully saturated rings. The van der Waals surface area contributed by atoms with E-state index in [2.05, 4.69) is 5.32 Å². The maximum absolute atomic E-state index is 11.2. The maximum Gasteiger partial charge on any atom is 0.222 e. The molecule has 0 radical (unpaired) electrons. The molecule has 5 heteroatoms. The highest BCUT2D eigenvalue weighted by molar-refractivity contribution is 6.28. The van der Waals surface area contributed by atoms with Gasteiger partial charge < -0.3 is 15.5 Å². The average molecular weight is 243 g/mol. The molecule has 1 aromatic heterocycles. The van der Waals surface area contributed by atoms with Crippen molar-refractivity contribution in [1.82, 2.24) is 5.32 Å². The van der Waals surface area contributed by atoms with Crippen molar-refractivity contribution < 1.29 is 9.21 Å². The molecule has 4 nitrogen and oxygen atoms in total. The summed E-state index contributed by atoms with van der Waals surface area (Å²) in [5.41, 5.74) is 5.34. The van der Waals surface area contributed by atoms with Crippen LogP contribution in [0.4, 0.5) is 0 Å². The number of carbonyl (C=O) groups is 1. The van der Waals surface area contributed by atoms with E-state index in [1.54, 1.807) is 6.07 Å². The Morgan fingerprint density at radius 3 is 3.00 bits per heavy atom. The lowest BCUT2D eigenvalue weighted by Gasteiger charge is -2.17. The van der Waals surface area contributed by atoms with Crippen molar-refractivity contribution in [2.75, 3.05) is 0 Å². The lowest BCUT2D eigenvalue weighted by atomic mass is 10.0. The van der Waals surface area contributed by atoms with Crippen molar-refractivity contribution in [1.29, 1.82) is 0 Å². The number of rotatable bonds is 4. The first kappa shape index (κ1) is 11.5. The van der Waals surface area contributed by atoms with Crippen LogP contribution in [0.15, 0.2) is 16.5 Å². The Kier molecular flexibility index (Phi) is 3.51. The number of carbonyl (C=O) groups excluding carboxylic acids is 1. The van der Waals surface area contributed by atoms with Gasteiger partial charge in [0.1, 0.15) is 5.76 Å². The van der Waals surface area contributed by atoms with Gasteiger partial charge in [0.15, 0.2) is 5.22 Å². The molecule has 2 atom stereocenters. The van der Waals surface area contributed by atoms with Gasteiger partial charge in [0.25, 0.3) is 0 Å². The number of hydrogen-bond donors (Lipinski definition) is 2. The molecule has 1 aromatic rings. The van der Waals surface area contributed by atoms with Gasteiger partial charge in [0.2, 0.25) is 5.91 Å². The van der Waals surface area contributed by atoms with E-state index in [4.69, 9.17) is 21.8 Å². The molecule has 2 rings (SSSR count). The van der Waals surface area contributed by atoms with E-state index < -0.39 is 0 Å². The van der Waals surface area contributed by atoms with Gasteiger partial charge in [-0.05, 0) is 36.6 Å². The maximum atomic E-state index is 11.2. The molecule has 0 spiro atoms. The van der Waals surface area contributed by atoms with Crippen molar-refractivity contribution in [2.45, 2.75) is 31.8 Å². The summed E-state index contributed by atoms with van der Waals surface area (Å²) in [6.45, 7) is 0.584. The van der Waals surface area contributed by atoms with Gasteiger partial charge >= 0.3 is 0 Å². The largest absolute Gasteiger partial charge is 0.448 e. The fourth-order valence-electron chi connectivity index (χ4n) is 2.22. The Bertz CT molecular complexity index is 378. The predicted octanol–water partition coefficient (Wildman–Crippen LogP) is 1.68. The summed E-state index contributed by atoms with van der Waals surface area (Å²) < 4.78 is 5.23. The van der Waals surface area contributed by atoms with Crippen LogP contribution in [0.2, 0.25) is 5.22 Å². The number of nitrogens with one attached hydrogen (secondary N) is 1. The van der Waals surface area contributed by atoms with E-state index in [0.717, 1.165) is 25.0 Å². The molecular formula is C11H15ClN2O2. The summed E-state index contributed by atoms with van der Waals surface area (Å²) >= 11 is 5.67. The number of hydrogen-bond acceptors (Lipinski definition) is 3.